The molecule has 1 saturated heterocycles. The highest BCUT2D eigenvalue weighted by atomic mass is 16.6. The SMILES string of the molecule is C1=CC2CC1C1C3CC(CCCCCCC4CO4)C(C3)C21. The predicted octanol–water partition coefficient (Wildman–Crippen LogP) is 4.82. The van der Waals surface area contributed by atoms with E-state index < -0.39 is 0 Å². The monoisotopic (exact) mass is 286 g/mol. The van der Waals surface area contributed by atoms with Crippen LogP contribution in [0.1, 0.15) is 57.8 Å². The topological polar surface area (TPSA) is 12.5 Å². The number of epoxide rings is 1. The molecule has 0 amide bonds. The van der Waals surface area contributed by atoms with Crippen LogP contribution in [0.5, 0.6) is 0 Å². The van der Waals surface area contributed by atoms with Gasteiger partial charge in [0.05, 0.1) is 12.7 Å². The fraction of sp³-hybridized carbons (Fsp3) is 0.900. The van der Waals surface area contributed by atoms with Crippen molar-refractivity contribution in [2.75, 3.05) is 6.61 Å². The third kappa shape index (κ3) is 2.22. The maximum Gasteiger partial charge on any atom is 0.0810 e. The van der Waals surface area contributed by atoms with Gasteiger partial charge < -0.3 is 4.74 Å². The van der Waals surface area contributed by atoms with Gasteiger partial charge in [-0.1, -0.05) is 44.3 Å². The molecule has 4 aliphatic carbocycles. The summed E-state index contributed by atoms with van der Waals surface area (Å²) in [6.07, 6.45) is 19.2. The van der Waals surface area contributed by atoms with Crippen LogP contribution in [0.4, 0.5) is 0 Å². The Morgan fingerprint density at radius 2 is 1.57 bits per heavy atom. The Labute approximate surface area is 129 Å². The molecule has 4 fully saturated rings. The van der Waals surface area contributed by atoms with Crippen molar-refractivity contribution < 1.29 is 4.74 Å². The van der Waals surface area contributed by atoms with Crippen LogP contribution in [-0.4, -0.2) is 12.7 Å². The lowest BCUT2D eigenvalue weighted by molar-refractivity contribution is 0.142. The van der Waals surface area contributed by atoms with E-state index in [1.807, 2.05) is 0 Å². The largest absolute Gasteiger partial charge is 0.373 e. The van der Waals surface area contributed by atoms with E-state index in [0.717, 1.165) is 48.0 Å². The van der Waals surface area contributed by atoms with E-state index in [-0.39, 0.29) is 0 Å². The zero-order valence-electron chi connectivity index (χ0n) is 13.3. The van der Waals surface area contributed by atoms with E-state index in [1.165, 1.54) is 38.5 Å². The Morgan fingerprint density at radius 3 is 2.38 bits per heavy atom. The van der Waals surface area contributed by atoms with Crippen molar-refractivity contribution in [3.05, 3.63) is 12.2 Å². The summed E-state index contributed by atoms with van der Waals surface area (Å²) < 4.78 is 5.29. The van der Waals surface area contributed by atoms with Crippen LogP contribution in [0.3, 0.4) is 0 Å². The first-order valence-corrected chi connectivity index (χ1v) is 9.70. The molecule has 0 radical (unpaired) electrons. The van der Waals surface area contributed by atoms with Crippen LogP contribution in [-0.2, 0) is 4.74 Å². The third-order valence-electron chi connectivity index (χ3n) is 7.66. The van der Waals surface area contributed by atoms with Crippen molar-refractivity contribution in [1.29, 1.82) is 0 Å². The van der Waals surface area contributed by atoms with Crippen LogP contribution in [0, 0.1) is 41.4 Å². The average Bonchev–Trinajstić information content (AvgIpc) is 2.91. The molecule has 116 valence electrons. The zero-order chi connectivity index (χ0) is 13.8. The molecule has 1 nitrogen and oxygen atoms in total. The molecule has 0 N–H and O–H groups in total. The Bertz CT molecular complexity index is 424. The minimum Gasteiger partial charge on any atom is -0.373 e. The summed E-state index contributed by atoms with van der Waals surface area (Å²) in [5.74, 6) is 7.60. The van der Waals surface area contributed by atoms with Crippen molar-refractivity contribution in [2.45, 2.75) is 63.9 Å². The van der Waals surface area contributed by atoms with Crippen LogP contribution >= 0.6 is 0 Å². The van der Waals surface area contributed by atoms with Crippen molar-refractivity contribution in [2.24, 2.45) is 41.4 Å². The molecule has 0 aromatic rings. The van der Waals surface area contributed by atoms with E-state index in [0.29, 0.717) is 6.10 Å². The van der Waals surface area contributed by atoms with Gasteiger partial charge in [0.15, 0.2) is 0 Å². The summed E-state index contributed by atoms with van der Waals surface area (Å²) in [6, 6.07) is 0. The minimum absolute atomic E-state index is 0.651. The summed E-state index contributed by atoms with van der Waals surface area (Å²) in [5.41, 5.74) is 0. The van der Waals surface area contributed by atoms with Crippen molar-refractivity contribution >= 4 is 0 Å². The maximum atomic E-state index is 5.29. The second-order valence-corrected chi connectivity index (χ2v) is 8.71. The molecule has 1 aliphatic heterocycles. The molecule has 5 aliphatic rings. The molecule has 0 aromatic heterocycles. The molecule has 8 unspecified atom stereocenters. The Balaban J connectivity index is 1.08. The molecule has 0 aromatic carbocycles. The molecule has 1 heteroatoms. The second kappa shape index (κ2) is 5.11. The summed E-state index contributed by atoms with van der Waals surface area (Å²) in [4.78, 5) is 0. The van der Waals surface area contributed by atoms with Gasteiger partial charge in [-0.05, 0) is 67.1 Å². The Hall–Kier alpha value is -0.300. The standard InChI is InChI=1S/C20H30O/c1(2-4-6-17-12-21-17)3-5-13-9-16-11-18(13)20-15-8-7-14(10-15)19(16)20/h7-8,13-20H,1-6,9-12H2. The van der Waals surface area contributed by atoms with E-state index >= 15 is 0 Å². The molecule has 5 rings (SSSR count). The number of allylic oxidation sites excluding steroid dienone is 2. The fourth-order valence-electron chi connectivity index (χ4n) is 6.85. The van der Waals surface area contributed by atoms with Gasteiger partial charge in [-0.15, -0.1) is 0 Å². The zero-order valence-corrected chi connectivity index (χ0v) is 13.3. The van der Waals surface area contributed by atoms with Gasteiger partial charge in [-0.3, -0.25) is 0 Å². The third-order valence-corrected chi connectivity index (χ3v) is 7.66. The molecule has 8 atom stereocenters. The van der Waals surface area contributed by atoms with Crippen LogP contribution < -0.4 is 0 Å². The van der Waals surface area contributed by atoms with E-state index in [2.05, 4.69) is 12.2 Å². The molecule has 1 heterocycles. The highest BCUT2D eigenvalue weighted by Gasteiger charge is 2.60. The second-order valence-electron chi connectivity index (χ2n) is 8.71. The van der Waals surface area contributed by atoms with Gasteiger partial charge in [0, 0.05) is 0 Å². The highest BCUT2D eigenvalue weighted by Crippen LogP contribution is 2.67. The molecule has 21 heavy (non-hydrogen) atoms. The molecular weight excluding hydrogens is 256 g/mol. The van der Waals surface area contributed by atoms with E-state index in [9.17, 15) is 0 Å². The quantitative estimate of drug-likeness (QED) is 0.283. The van der Waals surface area contributed by atoms with Gasteiger partial charge in [0.2, 0.25) is 0 Å². The van der Waals surface area contributed by atoms with Gasteiger partial charge in [0.25, 0.3) is 0 Å². The first-order chi connectivity index (χ1) is 10.4. The van der Waals surface area contributed by atoms with Crippen molar-refractivity contribution in [3.63, 3.8) is 0 Å². The molecular formula is C20H30O. The van der Waals surface area contributed by atoms with Gasteiger partial charge in [0.1, 0.15) is 0 Å². The lowest BCUT2D eigenvalue weighted by Crippen LogP contribution is -2.30. The van der Waals surface area contributed by atoms with E-state index in [4.69, 9.17) is 4.74 Å². The first kappa shape index (κ1) is 13.2. The minimum atomic E-state index is 0.651. The summed E-state index contributed by atoms with van der Waals surface area (Å²) in [6.45, 7) is 1.05. The van der Waals surface area contributed by atoms with Crippen molar-refractivity contribution in [3.8, 4) is 0 Å². The van der Waals surface area contributed by atoms with Gasteiger partial charge in [-0.25, -0.2) is 0 Å². The summed E-state index contributed by atoms with van der Waals surface area (Å²) in [5, 5.41) is 0. The number of unbranched alkanes of at least 4 members (excludes halogenated alkanes) is 3. The van der Waals surface area contributed by atoms with Crippen LogP contribution in [0.25, 0.3) is 0 Å². The number of hydrogen-bond donors (Lipinski definition) is 0. The number of fused-ring (bicyclic) bond motifs is 9. The Kier molecular flexibility index (Phi) is 3.21. The lowest BCUT2D eigenvalue weighted by Gasteiger charge is -2.36. The van der Waals surface area contributed by atoms with Crippen LogP contribution in [0.15, 0.2) is 12.2 Å². The van der Waals surface area contributed by atoms with Gasteiger partial charge >= 0.3 is 0 Å². The number of ether oxygens (including phenoxy) is 1. The smallest absolute Gasteiger partial charge is 0.0810 e. The first-order valence-electron chi connectivity index (χ1n) is 9.70. The normalized spacial score (nSPS) is 51.8. The fourth-order valence-corrected chi connectivity index (χ4v) is 6.85. The van der Waals surface area contributed by atoms with Crippen molar-refractivity contribution in [1.82, 2.24) is 0 Å². The molecule has 4 bridgehead atoms. The highest BCUT2D eigenvalue weighted by molar-refractivity contribution is 5.20. The average molecular weight is 286 g/mol. The Morgan fingerprint density at radius 1 is 0.810 bits per heavy atom. The summed E-state index contributed by atoms with van der Waals surface area (Å²) >= 11 is 0. The predicted molar refractivity (Wildman–Crippen MR) is 84.9 cm³/mol. The van der Waals surface area contributed by atoms with Crippen LogP contribution in [0.2, 0.25) is 0 Å². The molecule has 0 spiro atoms. The number of hydrogen-bond acceptors (Lipinski definition) is 1. The summed E-state index contributed by atoms with van der Waals surface area (Å²) in [7, 11) is 0. The van der Waals surface area contributed by atoms with Gasteiger partial charge in [-0.2, -0.15) is 0 Å². The lowest BCUT2D eigenvalue weighted by atomic mass is 9.68. The van der Waals surface area contributed by atoms with E-state index in [1.54, 1.807) is 19.3 Å². The number of rotatable bonds is 7. The maximum absolute atomic E-state index is 5.29. The molecule has 3 saturated carbocycles.